The zero-order chi connectivity index (χ0) is 15.5. The molecule has 1 aromatic rings. The van der Waals surface area contributed by atoms with Crippen LogP contribution in [-0.2, 0) is 27.2 Å². The molecule has 1 N–H and O–H groups in total. The van der Waals surface area contributed by atoms with Crippen LogP contribution in [-0.4, -0.2) is 47.7 Å². The van der Waals surface area contributed by atoms with E-state index in [1.54, 1.807) is 4.90 Å². The van der Waals surface area contributed by atoms with Crippen molar-refractivity contribution in [2.45, 2.75) is 31.8 Å². The Hall–Kier alpha value is -1.88. The third kappa shape index (κ3) is 3.30. The van der Waals surface area contributed by atoms with Gasteiger partial charge in [-0.2, -0.15) is 0 Å². The van der Waals surface area contributed by atoms with Crippen LogP contribution in [0, 0.1) is 5.92 Å². The van der Waals surface area contributed by atoms with Crippen molar-refractivity contribution in [3.05, 3.63) is 35.4 Å². The molecule has 118 valence electrons. The lowest BCUT2D eigenvalue weighted by molar-refractivity contribution is -0.159. The maximum atomic E-state index is 12.4. The molecule has 1 heterocycles. The van der Waals surface area contributed by atoms with Crippen LogP contribution < -0.4 is 0 Å². The Kier molecular flexibility index (Phi) is 4.43. The average molecular weight is 303 g/mol. The summed E-state index contributed by atoms with van der Waals surface area (Å²) in [5.41, 5.74) is 2.74. The first kappa shape index (κ1) is 15.0. The molecule has 0 spiro atoms. The molecule has 2 atom stereocenters. The predicted octanol–water partition coefficient (Wildman–Crippen LogP) is 1.49. The summed E-state index contributed by atoms with van der Waals surface area (Å²) in [5.74, 6) is -0.587. The van der Waals surface area contributed by atoms with Gasteiger partial charge in [0.15, 0.2) is 6.10 Å². The number of fused-ring (bicyclic) bond motifs is 1. The fraction of sp³-hybridized carbons (Fsp3) is 0.529. The minimum Gasteiger partial charge on any atom is -0.479 e. The molecule has 1 aliphatic heterocycles. The number of hydrogen-bond acceptors (Lipinski definition) is 3. The van der Waals surface area contributed by atoms with Gasteiger partial charge in [-0.1, -0.05) is 24.3 Å². The molecular weight excluding hydrogens is 282 g/mol. The Bertz CT molecular complexity index is 572. The topological polar surface area (TPSA) is 66.8 Å². The van der Waals surface area contributed by atoms with E-state index in [9.17, 15) is 9.59 Å². The second-order valence-electron chi connectivity index (χ2n) is 6.12. The van der Waals surface area contributed by atoms with Gasteiger partial charge in [0.05, 0.1) is 13.2 Å². The smallest absolute Gasteiger partial charge is 0.334 e. The SMILES string of the molecule is O=C(O)[C@@H]1CN(C(=O)C[C@H]2CCc3ccccc3C2)CCO1. The number of carboxylic acids is 1. The number of morpholine rings is 1. The third-order valence-corrected chi connectivity index (χ3v) is 4.61. The highest BCUT2D eigenvalue weighted by molar-refractivity contribution is 5.79. The van der Waals surface area contributed by atoms with Gasteiger partial charge in [0.2, 0.25) is 5.91 Å². The van der Waals surface area contributed by atoms with Gasteiger partial charge in [-0.3, -0.25) is 4.79 Å². The normalized spacial score (nSPS) is 24.6. The van der Waals surface area contributed by atoms with E-state index in [2.05, 4.69) is 18.2 Å². The van der Waals surface area contributed by atoms with E-state index in [0.717, 1.165) is 19.3 Å². The van der Waals surface area contributed by atoms with Gasteiger partial charge >= 0.3 is 5.97 Å². The molecule has 5 heteroatoms. The number of carboxylic acid groups (broad SMARTS) is 1. The summed E-state index contributed by atoms with van der Waals surface area (Å²) in [6.45, 7) is 0.958. The van der Waals surface area contributed by atoms with Crippen molar-refractivity contribution in [1.29, 1.82) is 0 Å². The Morgan fingerprint density at radius 2 is 2.05 bits per heavy atom. The summed E-state index contributed by atoms with van der Waals surface area (Å²) in [5, 5.41) is 9.01. The molecule has 0 saturated carbocycles. The molecule has 1 aliphatic carbocycles. The monoisotopic (exact) mass is 303 g/mol. The highest BCUT2D eigenvalue weighted by Gasteiger charge is 2.30. The molecule has 22 heavy (non-hydrogen) atoms. The first-order valence-electron chi connectivity index (χ1n) is 7.82. The Morgan fingerprint density at radius 1 is 1.27 bits per heavy atom. The summed E-state index contributed by atoms with van der Waals surface area (Å²) in [6.07, 6.45) is 2.60. The number of hydrogen-bond donors (Lipinski definition) is 1. The summed E-state index contributed by atoms with van der Waals surface area (Å²) >= 11 is 0. The van der Waals surface area contributed by atoms with E-state index in [-0.39, 0.29) is 12.5 Å². The molecule has 1 saturated heterocycles. The van der Waals surface area contributed by atoms with Gasteiger partial charge < -0.3 is 14.7 Å². The Morgan fingerprint density at radius 3 is 2.82 bits per heavy atom. The number of carbonyl (C=O) groups is 2. The summed E-state index contributed by atoms with van der Waals surface area (Å²) in [6, 6.07) is 8.40. The number of carbonyl (C=O) groups excluding carboxylic acids is 1. The quantitative estimate of drug-likeness (QED) is 0.919. The van der Waals surface area contributed by atoms with Crippen molar-refractivity contribution in [1.82, 2.24) is 4.90 Å². The largest absolute Gasteiger partial charge is 0.479 e. The fourth-order valence-corrected chi connectivity index (χ4v) is 3.35. The van der Waals surface area contributed by atoms with Crippen LogP contribution in [0.4, 0.5) is 0 Å². The minimum atomic E-state index is -0.996. The number of ether oxygens (including phenoxy) is 1. The van der Waals surface area contributed by atoms with Crippen molar-refractivity contribution in [3.63, 3.8) is 0 Å². The summed E-state index contributed by atoms with van der Waals surface area (Å²) in [4.78, 5) is 25.1. The van der Waals surface area contributed by atoms with E-state index in [4.69, 9.17) is 9.84 Å². The standard InChI is InChI=1S/C17H21NO4/c19-16(18-7-8-22-15(11-18)17(20)21)10-12-5-6-13-3-1-2-4-14(13)9-12/h1-4,12,15H,5-11H2,(H,20,21)/t12-,15-/m0/s1. The van der Waals surface area contributed by atoms with Gasteiger partial charge in [-0.05, 0) is 36.3 Å². The highest BCUT2D eigenvalue weighted by atomic mass is 16.5. The van der Waals surface area contributed by atoms with Gasteiger partial charge in [-0.25, -0.2) is 4.79 Å². The number of nitrogens with zero attached hydrogens (tertiary/aromatic N) is 1. The Labute approximate surface area is 129 Å². The molecule has 0 bridgehead atoms. The maximum absolute atomic E-state index is 12.4. The number of benzene rings is 1. The summed E-state index contributed by atoms with van der Waals surface area (Å²) < 4.78 is 5.16. The van der Waals surface area contributed by atoms with E-state index in [0.29, 0.717) is 25.5 Å². The van der Waals surface area contributed by atoms with Crippen LogP contribution >= 0.6 is 0 Å². The van der Waals surface area contributed by atoms with E-state index >= 15 is 0 Å². The van der Waals surface area contributed by atoms with Gasteiger partial charge in [0.25, 0.3) is 0 Å². The average Bonchev–Trinajstić information content (AvgIpc) is 2.55. The molecule has 1 amide bonds. The van der Waals surface area contributed by atoms with Crippen molar-refractivity contribution in [3.8, 4) is 0 Å². The number of aliphatic carboxylic acids is 1. The van der Waals surface area contributed by atoms with Crippen LogP contribution in [0.2, 0.25) is 0 Å². The molecule has 3 rings (SSSR count). The molecule has 1 fully saturated rings. The van der Waals surface area contributed by atoms with Crippen LogP contribution in [0.15, 0.2) is 24.3 Å². The second kappa shape index (κ2) is 6.48. The number of aryl methyl sites for hydroxylation is 1. The molecule has 2 aliphatic rings. The van der Waals surface area contributed by atoms with E-state index in [1.165, 1.54) is 11.1 Å². The zero-order valence-corrected chi connectivity index (χ0v) is 12.5. The molecule has 5 nitrogen and oxygen atoms in total. The van der Waals surface area contributed by atoms with E-state index < -0.39 is 12.1 Å². The molecule has 0 unspecified atom stereocenters. The highest BCUT2D eigenvalue weighted by Crippen LogP contribution is 2.28. The zero-order valence-electron chi connectivity index (χ0n) is 12.5. The number of rotatable bonds is 3. The summed E-state index contributed by atoms with van der Waals surface area (Å²) in [7, 11) is 0. The molecular formula is C17H21NO4. The fourth-order valence-electron chi connectivity index (χ4n) is 3.35. The first-order chi connectivity index (χ1) is 10.6. The lowest BCUT2D eigenvalue weighted by Crippen LogP contribution is -2.49. The molecule has 1 aromatic carbocycles. The van der Waals surface area contributed by atoms with Crippen LogP contribution in [0.1, 0.15) is 24.0 Å². The second-order valence-corrected chi connectivity index (χ2v) is 6.12. The van der Waals surface area contributed by atoms with Gasteiger partial charge in [0, 0.05) is 13.0 Å². The van der Waals surface area contributed by atoms with Crippen molar-refractivity contribution >= 4 is 11.9 Å². The predicted molar refractivity (Wildman–Crippen MR) is 80.5 cm³/mol. The molecule has 0 radical (unpaired) electrons. The van der Waals surface area contributed by atoms with Crippen molar-refractivity contribution in [2.75, 3.05) is 19.7 Å². The van der Waals surface area contributed by atoms with Gasteiger partial charge in [-0.15, -0.1) is 0 Å². The van der Waals surface area contributed by atoms with Crippen molar-refractivity contribution < 1.29 is 19.4 Å². The first-order valence-corrected chi connectivity index (χ1v) is 7.82. The molecule has 0 aromatic heterocycles. The maximum Gasteiger partial charge on any atom is 0.334 e. The van der Waals surface area contributed by atoms with Crippen LogP contribution in [0.5, 0.6) is 0 Å². The van der Waals surface area contributed by atoms with Crippen molar-refractivity contribution in [2.24, 2.45) is 5.92 Å². The minimum absolute atomic E-state index is 0.0546. The Balaban J connectivity index is 1.57. The lowest BCUT2D eigenvalue weighted by atomic mass is 9.82. The lowest BCUT2D eigenvalue weighted by Gasteiger charge is -2.32. The van der Waals surface area contributed by atoms with Crippen LogP contribution in [0.3, 0.4) is 0 Å². The third-order valence-electron chi connectivity index (χ3n) is 4.61. The van der Waals surface area contributed by atoms with Crippen LogP contribution in [0.25, 0.3) is 0 Å². The van der Waals surface area contributed by atoms with E-state index in [1.807, 2.05) is 6.07 Å². The van der Waals surface area contributed by atoms with Gasteiger partial charge in [0.1, 0.15) is 0 Å². The number of amides is 1.